The summed E-state index contributed by atoms with van der Waals surface area (Å²) in [5.41, 5.74) is 0.350. The fourth-order valence-electron chi connectivity index (χ4n) is 1.29. The van der Waals surface area contributed by atoms with E-state index in [-0.39, 0.29) is 0 Å². The highest BCUT2D eigenvalue weighted by Gasteiger charge is 2.20. The van der Waals surface area contributed by atoms with Gasteiger partial charge in [0, 0.05) is 10.1 Å². The first-order chi connectivity index (χ1) is 9.43. The van der Waals surface area contributed by atoms with E-state index >= 15 is 0 Å². The Morgan fingerprint density at radius 2 is 1.85 bits per heavy atom. The van der Waals surface area contributed by atoms with E-state index in [2.05, 4.69) is 33.2 Å². The molecule has 0 aliphatic carbocycles. The van der Waals surface area contributed by atoms with Crippen molar-refractivity contribution in [1.82, 2.24) is 10.6 Å². The van der Waals surface area contributed by atoms with Crippen LogP contribution in [0.4, 0.5) is 4.79 Å². The molecular weight excluding hydrogens is 375 g/mol. The maximum atomic E-state index is 11.8. The fraction of sp³-hybridized carbons (Fsp3) is 0.308. The number of imide groups is 1. The van der Waals surface area contributed by atoms with E-state index in [9.17, 15) is 14.4 Å². The average molecular weight is 390 g/mol. The van der Waals surface area contributed by atoms with E-state index in [0.717, 1.165) is 3.57 Å². The Morgan fingerprint density at radius 3 is 2.40 bits per heavy atom. The van der Waals surface area contributed by atoms with Crippen molar-refractivity contribution in [2.45, 2.75) is 20.0 Å². The van der Waals surface area contributed by atoms with E-state index in [0.29, 0.717) is 12.1 Å². The van der Waals surface area contributed by atoms with Crippen molar-refractivity contribution in [2.75, 3.05) is 6.54 Å². The lowest BCUT2D eigenvalue weighted by atomic mass is 10.2. The van der Waals surface area contributed by atoms with Crippen molar-refractivity contribution < 1.29 is 19.1 Å². The summed E-state index contributed by atoms with van der Waals surface area (Å²) in [6.07, 6.45) is -1.05. The van der Waals surface area contributed by atoms with Gasteiger partial charge in [-0.15, -0.1) is 0 Å². The number of urea groups is 1. The molecule has 0 fully saturated rings. The molecule has 3 amide bonds. The van der Waals surface area contributed by atoms with Crippen molar-refractivity contribution in [3.63, 3.8) is 0 Å². The maximum Gasteiger partial charge on any atom is 0.338 e. The molecule has 0 spiro atoms. The number of rotatable bonds is 4. The van der Waals surface area contributed by atoms with Gasteiger partial charge in [-0.05, 0) is 60.7 Å². The molecule has 1 atom stereocenters. The van der Waals surface area contributed by atoms with Crippen LogP contribution in [0.3, 0.4) is 0 Å². The van der Waals surface area contributed by atoms with Crippen molar-refractivity contribution in [2.24, 2.45) is 0 Å². The van der Waals surface area contributed by atoms with Crippen molar-refractivity contribution in [1.29, 1.82) is 0 Å². The molecule has 1 aromatic rings. The molecule has 1 aromatic carbocycles. The Balaban J connectivity index is 2.54. The largest absolute Gasteiger partial charge is 0.449 e. The molecule has 0 unspecified atom stereocenters. The molecule has 6 nitrogen and oxygen atoms in total. The molecule has 0 bridgehead atoms. The first-order valence-corrected chi connectivity index (χ1v) is 7.07. The second-order valence-corrected chi connectivity index (χ2v) is 5.15. The van der Waals surface area contributed by atoms with E-state index in [4.69, 9.17) is 4.74 Å². The van der Waals surface area contributed by atoms with Crippen LogP contribution in [0.15, 0.2) is 24.3 Å². The first kappa shape index (κ1) is 16.4. The third-order valence-electron chi connectivity index (χ3n) is 2.31. The molecule has 0 radical (unpaired) electrons. The second-order valence-electron chi connectivity index (χ2n) is 3.90. The zero-order valence-corrected chi connectivity index (χ0v) is 13.3. The predicted molar refractivity (Wildman–Crippen MR) is 81.3 cm³/mol. The number of ether oxygens (including phenoxy) is 1. The third kappa shape index (κ3) is 5.16. The van der Waals surface area contributed by atoms with E-state index < -0.39 is 24.0 Å². The van der Waals surface area contributed by atoms with Gasteiger partial charge in [0.1, 0.15) is 0 Å². The van der Waals surface area contributed by atoms with Gasteiger partial charge in [-0.1, -0.05) is 0 Å². The fourth-order valence-corrected chi connectivity index (χ4v) is 1.65. The number of carbonyl (C=O) groups excluding carboxylic acids is 3. The molecule has 1 rings (SSSR count). The molecule has 7 heteroatoms. The second kappa shape index (κ2) is 7.83. The highest BCUT2D eigenvalue weighted by molar-refractivity contribution is 14.1. The molecule has 0 heterocycles. The van der Waals surface area contributed by atoms with E-state index in [1.165, 1.54) is 6.92 Å². The Hall–Kier alpha value is -1.64. The summed E-state index contributed by atoms with van der Waals surface area (Å²) in [7, 11) is 0. The number of hydrogen-bond acceptors (Lipinski definition) is 4. The van der Waals surface area contributed by atoms with Gasteiger partial charge < -0.3 is 10.1 Å². The van der Waals surface area contributed by atoms with Crippen LogP contribution < -0.4 is 10.6 Å². The minimum Gasteiger partial charge on any atom is -0.449 e. The summed E-state index contributed by atoms with van der Waals surface area (Å²) in [6, 6.07) is 6.12. The summed E-state index contributed by atoms with van der Waals surface area (Å²) in [5.74, 6) is -1.28. The minimum atomic E-state index is -1.05. The van der Waals surface area contributed by atoms with Gasteiger partial charge in [0.05, 0.1) is 5.56 Å². The summed E-state index contributed by atoms with van der Waals surface area (Å²) in [4.78, 5) is 34.5. The van der Waals surface area contributed by atoms with Gasteiger partial charge in [-0.25, -0.2) is 9.59 Å². The molecule has 0 aliphatic heterocycles. The van der Waals surface area contributed by atoms with Crippen LogP contribution in [0, 0.1) is 3.57 Å². The zero-order chi connectivity index (χ0) is 15.1. The van der Waals surface area contributed by atoms with Gasteiger partial charge in [-0.2, -0.15) is 0 Å². The SMILES string of the molecule is CCNC(=O)NC(=O)[C@H](C)OC(=O)c1ccc(I)cc1. The molecule has 2 N–H and O–H groups in total. The number of hydrogen-bond donors (Lipinski definition) is 2. The van der Waals surface area contributed by atoms with E-state index in [1.807, 2.05) is 0 Å². The third-order valence-corrected chi connectivity index (χ3v) is 3.03. The highest BCUT2D eigenvalue weighted by Crippen LogP contribution is 2.09. The van der Waals surface area contributed by atoms with Crippen LogP contribution in [-0.2, 0) is 9.53 Å². The van der Waals surface area contributed by atoms with Gasteiger partial charge >= 0.3 is 12.0 Å². The molecular formula is C13H15IN2O4. The Morgan fingerprint density at radius 1 is 1.25 bits per heavy atom. The van der Waals surface area contributed by atoms with Crippen LogP contribution in [0.25, 0.3) is 0 Å². The van der Waals surface area contributed by atoms with Crippen LogP contribution in [0.1, 0.15) is 24.2 Å². The standard InChI is InChI=1S/C13H15IN2O4/c1-3-15-13(19)16-11(17)8(2)20-12(18)9-4-6-10(14)7-5-9/h4-8H,3H2,1-2H3,(H2,15,16,17,19)/t8-/m0/s1. The predicted octanol–water partition coefficient (Wildman–Crippen LogP) is 1.68. The number of halogens is 1. The lowest BCUT2D eigenvalue weighted by Crippen LogP contribution is -2.44. The van der Waals surface area contributed by atoms with Crippen LogP contribution in [-0.4, -0.2) is 30.6 Å². The molecule has 108 valence electrons. The maximum absolute atomic E-state index is 11.8. The Kier molecular flexibility index (Phi) is 6.43. The van der Waals surface area contributed by atoms with Crippen LogP contribution >= 0.6 is 22.6 Å². The van der Waals surface area contributed by atoms with Gasteiger partial charge in [0.25, 0.3) is 5.91 Å². The normalized spacial score (nSPS) is 11.3. The molecule has 0 saturated carbocycles. The summed E-state index contributed by atoms with van der Waals surface area (Å²) in [5, 5.41) is 4.49. The zero-order valence-electron chi connectivity index (χ0n) is 11.1. The molecule has 0 saturated heterocycles. The smallest absolute Gasteiger partial charge is 0.338 e. The van der Waals surface area contributed by atoms with Gasteiger partial charge in [0.15, 0.2) is 6.10 Å². The minimum absolute atomic E-state index is 0.350. The number of esters is 1. The topological polar surface area (TPSA) is 84.5 Å². The summed E-state index contributed by atoms with van der Waals surface area (Å²) >= 11 is 2.12. The van der Waals surface area contributed by atoms with Crippen LogP contribution in [0.2, 0.25) is 0 Å². The Labute approximate surface area is 130 Å². The summed E-state index contributed by atoms with van der Waals surface area (Å²) in [6.45, 7) is 3.53. The first-order valence-electron chi connectivity index (χ1n) is 5.99. The lowest BCUT2D eigenvalue weighted by Gasteiger charge is -2.13. The molecule has 0 aliphatic rings. The number of amides is 3. The van der Waals surface area contributed by atoms with Crippen molar-refractivity contribution in [3.8, 4) is 0 Å². The average Bonchev–Trinajstić information content (AvgIpc) is 2.39. The number of nitrogens with one attached hydrogen (secondary N) is 2. The highest BCUT2D eigenvalue weighted by atomic mass is 127. The van der Waals surface area contributed by atoms with Crippen molar-refractivity contribution in [3.05, 3.63) is 33.4 Å². The summed E-state index contributed by atoms with van der Waals surface area (Å²) < 4.78 is 5.97. The number of benzene rings is 1. The van der Waals surface area contributed by atoms with Gasteiger partial charge in [-0.3, -0.25) is 10.1 Å². The molecule has 20 heavy (non-hydrogen) atoms. The Bertz CT molecular complexity index is 502. The monoisotopic (exact) mass is 390 g/mol. The van der Waals surface area contributed by atoms with Crippen molar-refractivity contribution >= 4 is 40.5 Å². The lowest BCUT2D eigenvalue weighted by molar-refractivity contribution is -0.127. The van der Waals surface area contributed by atoms with E-state index in [1.54, 1.807) is 31.2 Å². The van der Waals surface area contributed by atoms with Gasteiger partial charge in [0.2, 0.25) is 0 Å². The number of carbonyl (C=O) groups is 3. The van der Waals surface area contributed by atoms with Crippen LogP contribution in [0.5, 0.6) is 0 Å². The molecule has 0 aromatic heterocycles. The quantitative estimate of drug-likeness (QED) is 0.606.